The maximum absolute atomic E-state index is 14.3. The van der Waals surface area contributed by atoms with E-state index < -0.39 is 21.9 Å². The Morgan fingerprint density at radius 2 is 1.65 bits per heavy atom. The summed E-state index contributed by atoms with van der Waals surface area (Å²) in [6.07, 6.45) is 2.11. The molecule has 9 heteroatoms. The first-order chi connectivity index (χ1) is 16.0. The van der Waals surface area contributed by atoms with E-state index >= 15 is 0 Å². The van der Waals surface area contributed by atoms with E-state index in [1.807, 2.05) is 13.8 Å². The van der Waals surface area contributed by atoms with E-state index in [0.717, 1.165) is 12.7 Å². The molecule has 186 valence electrons. The Balaban J connectivity index is 2.16. The van der Waals surface area contributed by atoms with Gasteiger partial charge < -0.3 is 10.2 Å². The minimum absolute atomic E-state index is 0.00819. The van der Waals surface area contributed by atoms with E-state index in [9.17, 15) is 22.4 Å². The van der Waals surface area contributed by atoms with Crippen molar-refractivity contribution in [2.45, 2.75) is 58.7 Å². The summed E-state index contributed by atoms with van der Waals surface area (Å²) in [5.41, 5.74) is 0.822. The van der Waals surface area contributed by atoms with Crippen LogP contribution in [0, 0.1) is 5.82 Å². The van der Waals surface area contributed by atoms with Crippen LogP contribution in [0.25, 0.3) is 0 Å². The van der Waals surface area contributed by atoms with Crippen molar-refractivity contribution >= 4 is 27.5 Å². The Hall–Kier alpha value is -2.94. The Bertz CT molecular complexity index is 1060. The van der Waals surface area contributed by atoms with Gasteiger partial charge in [-0.05, 0) is 44.9 Å². The minimum atomic E-state index is -3.54. The highest BCUT2D eigenvalue weighted by Crippen LogP contribution is 2.19. The maximum atomic E-state index is 14.3. The van der Waals surface area contributed by atoms with Crippen molar-refractivity contribution in [2.24, 2.45) is 0 Å². The van der Waals surface area contributed by atoms with Gasteiger partial charge in [-0.15, -0.1) is 0 Å². The summed E-state index contributed by atoms with van der Waals surface area (Å²) in [6.45, 7) is 5.48. The summed E-state index contributed by atoms with van der Waals surface area (Å²) in [5.74, 6) is -1.13. The van der Waals surface area contributed by atoms with Gasteiger partial charge >= 0.3 is 0 Å². The van der Waals surface area contributed by atoms with E-state index in [2.05, 4.69) is 5.32 Å². The second kappa shape index (κ2) is 12.5. The summed E-state index contributed by atoms with van der Waals surface area (Å²) in [4.78, 5) is 27.3. The van der Waals surface area contributed by atoms with E-state index in [-0.39, 0.29) is 43.8 Å². The molecule has 0 spiro atoms. The molecule has 0 saturated carbocycles. The Morgan fingerprint density at radius 3 is 2.24 bits per heavy atom. The summed E-state index contributed by atoms with van der Waals surface area (Å²) >= 11 is 0. The molecule has 0 saturated heterocycles. The van der Waals surface area contributed by atoms with Crippen LogP contribution in [0.1, 0.15) is 45.6 Å². The largest absolute Gasteiger partial charge is 0.352 e. The smallest absolute Gasteiger partial charge is 0.242 e. The van der Waals surface area contributed by atoms with Gasteiger partial charge in [0.1, 0.15) is 11.9 Å². The third kappa shape index (κ3) is 7.83. The normalized spacial score (nSPS) is 13.1. The summed E-state index contributed by atoms with van der Waals surface area (Å²) in [5, 5.41) is 2.87. The molecule has 34 heavy (non-hydrogen) atoms. The lowest BCUT2D eigenvalue weighted by molar-refractivity contribution is -0.141. The fraction of sp³-hybridized carbons (Fsp3) is 0.440. The fourth-order valence-electron chi connectivity index (χ4n) is 3.46. The van der Waals surface area contributed by atoms with Crippen molar-refractivity contribution in [1.29, 1.82) is 0 Å². The number of hydrogen-bond donors (Lipinski definition) is 1. The zero-order valence-electron chi connectivity index (χ0n) is 20.2. The van der Waals surface area contributed by atoms with Crippen LogP contribution in [0.2, 0.25) is 0 Å². The average molecular weight is 492 g/mol. The zero-order chi connectivity index (χ0) is 25.3. The Labute approximate surface area is 202 Å². The van der Waals surface area contributed by atoms with Crippen LogP contribution in [0.15, 0.2) is 54.6 Å². The highest BCUT2D eigenvalue weighted by molar-refractivity contribution is 7.92. The SMILES string of the molecule is CC[C@@H](C)NC(=O)[C@H](C)N(Cc1ccccc1F)C(=O)CCCN(c1ccccc1)S(C)(=O)=O. The van der Waals surface area contributed by atoms with E-state index in [1.54, 1.807) is 55.5 Å². The van der Waals surface area contributed by atoms with Crippen LogP contribution in [0.4, 0.5) is 10.1 Å². The monoisotopic (exact) mass is 491 g/mol. The van der Waals surface area contributed by atoms with Crippen molar-refractivity contribution in [3.8, 4) is 0 Å². The molecular weight excluding hydrogens is 457 g/mol. The first-order valence-electron chi connectivity index (χ1n) is 11.4. The Kier molecular flexibility index (Phi) is 10.0. The highest BCUT2D eigenvalue weighted by Gasteiger charge is 2.27. The number of nitrogens with zero attached hydrogens (tertiary/aromatic N) is 2. The number of amides is 2. The molecule has 0 aliphatic carbocycles. The minimum Gasteiger partial charge on any atom is -0.352 e. The van der Waals surface area contributed by atoms with Crippen LogP contribution in [0.5, 0.6) is 0 Å². The number of rotatable bonds is 12. The van der Waals surface area contributed by atoms with E-state index in [0.29, 0.717) is 11.3 Å². The van der Waals surface area contributed by atoms with Gasteiger partial charge in [0.2, 0.25) is 21.8 Å². The van der Waals surface area contributed by atoms with Crippen molar-refractivity contribution in [2.75, 3.05) is 17.1 Å². The van der Waals surface area contributed by atoms with Gasteiger partial charge in [0.25, 0.3) is 0 Å². The molecule has 0 radical (unpaired) electrons. The number of benzene rings is 2. The lowest BCUT2D eigenvalue weighted by Gasteiger charge is -2.30. The van der Waals surface area contributed by atoms with Crippen molar-refractivity contribution in [3.05, 3.63) is 66.0 Å². The third-order valence-electron chi connectivity index (χ3n) is 5.66. The first-order valence-corrected chi connectivity index (χ1v) is 13.3. The molecule has 0 unspecified atom stereocenters. The summed E-state index contributed by atoms with van der Waals surface area (Å²) in [6, 6.07) is 13.9. The number of carbonyl (C=O) groups excluding carboxylic acids is 2. The van der Waals surface area contributed by atoms with Crippen molar-refractivity contribution in [3.63, 3.8) is 0 Å². The van der Waals surface area contributed by atoms with Gasteiger partial charge in [0, 0.05) is 31.1 Å². The third-order valence-corrected chi connectivity index (χ3v) is 6.86. The summed E-state index contributed by atoms with van der Waals surface area (Å²) in [7, 11) is -3.54. The molecule has 2 aromatic rings. The van der Waals surface area contributed by atoms with E-state index in [4.69, 9.17) is 0 Å². The quantitative estimate of drug-likeness (QED) is 0.491. The van der Waals surface area contributed by atoms with Gasteiger partial charge in [0.05, 0.1) is 11.9 Å². The maximum Gasteiger partial charge on any atom is 0.242 e. The number of anilines is 1. The average Bonchev–Trinajstić information content (AvgIpc) is 2.80. The highest BCUT2D eigenvalue weighted by atomic mass is 32.2. The first kappa shape index (κ1) is 27.3. The molecule has 2 aromatic carbocycles. The van der Waals surface area contributed by atoms with Gasteiger partial charge in [-0.1, -0.05) is 43.3 Å². The fourth-order valence-corrected chi connectivity index (χ4v) is 4.42. The van der Waals surface area contributed by atoms with Crippen LogP contribution < -0.4 is 9.62 Å². The molecule has 0 fully saturated rings. The zero-order valence-corrected chi connectivity index (χ0v) is 21.0. The van der Waals surface area contributed by atoms with Gasteiger partial charge in [-0.2, -0.15) is 0 Å². The number of sulfonamides is 1. The van der Waals surface area contributed by atoms with Crippen LogP contribution in [-0.2, 0) is 26.2 Å². The van der Waals surface area contributed by atoms with Gasteiger partial charge in [0.15, 0.2) is 0 Å². The molecule has 0 aliphatic rings. The second-order valence-corrected chi connectivity index (χ2v) is 10.3. The predicted molar refractivity (Wildman–Crippen MR) is 132 cm³/mol. The topological polar surface area (TPSA) is 86.8 Å². The molecule has 2 atom stereocenters. The summed E-state index contributed by atoms with van der Waals surface area (Å²) < 4.78 is 40.1. The lowest BCUT2D eigenvalue weighted by atomic mass is 10.1. The van der Waals surface area contributed by atoms with Crippen molar-refractivity contribution < 1.29 is 22.4 Å². The van der Waals surface area contributed by atoms with Crippen LogP contribution >= 0.6 is 0 Å². The van der Waals surface area contributed by atoms with Crippen LogP contribution in [-0.4, -0.2) is 50.0 Å². The second-order valence-electron chi connectivity index (χ2n) is 8.38. The molecule has 2 amide bonds. The number of halogens is 1. The molecule has 0 bridgehead atoms. The molecule has 2 rings (SSSR count). The Morgan fingerprint density at radius 1 is 1.03 bits per heavy atom. The number of hydrogen-bond acceptors (Lipinski definition) is 4. The van der Waals surface area contributed by atoms with Gasteiger partial charge in [-0.25, -0.2) is 12.8 Å². The molecule has 0 heterocycles. The molecule has 1 N–H and O–H groups in total. The number of nitrogens with one attached hydrogen (secondary N) is 1. The van der Waals surface area contributed by atoms with Crippen LogP contribution in [0.3, 0.4) is 0 Å². The lowest BCUT2D eigenvalue weighted by Crippen LogP contribution is -2.49. The van der Waals surface area contributed by atoms with Crippen molar-refractivity contribution in [1.82, 2.24) is 10.2 Å². The number of para-hydroxylation sites is 1. The standard InChI is InChI=1S/C25H34FN3O4S/c1-5-19(2)27-25(31)20(3)28(18-21-12-9-10-15-23(21)26)24(30)16-11-17-29(34(4,32)33)22-13-7-6-8-14-22/h6-10,12-15,19-20H,5,11,16-18H2,1-4H3,(H,27,31)/t19-,20+/m1/s1. The molecular formula is C25H34FN3O4S. The number of carbonyl (C=O) groups is 2. The predicted octanol–water partition coefficient (Wildman–Crippen LogP) is 3.70. The molecule has 7 nitrogen and oxygen atoms in total. The molecule has 0 aromatic heterocycles. The van der Waals surface area contributed by atoms with E-state index in [1.165, 1.54) is 15.3 Å². The van der Waals surface area contributed by atoms with Gasteiger partial charge in [-0.3, -0.25) is 13.9 Å². The molecule has 0 aliphatic heterocycles.